The summed E-state index contributed by atoms with van der Waals surface area (Å²) in [7, 11) is -4.83. The average Bonchev–Trinajstić information content (AvgIpc) is 3.27. The second-order valence-electron chi connectivity index (χ2n) is 10.0. The van der Waals surface area contributed by atoms with Crippen molar-refractivity contribution in [3.63, 3.8) is 0 Å². The summed E-state index contributed by atoms with van der Waals surface area (Å²) >= 11 is 6.18. The Hall–Kier alpha value is -1.41. The number of nitrogens with zero attached hydrogens (tertiary/aromatic N) is 4. The fourth-order valence-corrected chi connectivity index (χ4v) is 5.71. The van der Waals surface area contributed by atoms with Crippen molar-refractivity contribution in [2.45, 2.75) is 75.0 Å². The van der Waals surface area contributed by atoms with Crippen molar-refractivity contribution in [2.75, 3.05) is 18.5 Å². The second-order valence-corrected chi connectivity index (χ2v) is 12.4. The number of halogens is 1. The van der Waals surface area contributed by atoms with Crippen LogP contribution in [0.15, 0.2) is 6.20 Å². The highest BCUT2D eigenvalue weighted by Gasteiger charge is 2.50. The van der Waals surface area contributed by atoms with Gasteiger partial charge in [-0.05, 0) is 49.6 Å². The van der Waals surface area contributed by atoms with E-state index in [1.807, 2.05) is 0 Å². The lowest BCUT2D eigenvalue weighted by Crippen LogP contribution is -2.49. The minimum absolute atomic E-state index is 0.0206. The van der Waals surface area contributed by atoms with Gasteiger partial charge in [-0.3, -0.25) is 4.57 Å². The molecule has 6 N–H and O–H groups in total. The van der Waals surface area contributed by atoms with Crippen LogP contribution in [0.3, 0.4) is 0 Å². The van der Waals surface area contributed by atoms with Gasteiger partial charge in [0.15, 0.2) is 17.2 Å². The van der Waals surface area contributed by atoms with Gasteiger partial charge in [-0.2, -0.15) is 15.1 Å². The van der Waals surface area contributed by atoms with Crippen LogP contribution in [0.25, 0.3) is 11.0 Å². The van der Waals surface area contributed by atoms with E-state index in [2.05, 4.69) is 20.4 Å². The summed E-state index contributed by atoms with van der Waals surface area (Å²) in [5.41, 5.74) is 0.761. The fraction of sp³-hybridized carbons (Fsp3) is 0.750. The molecule has 13 nitrogen and oxygen atoms in total. The first-order valence-electron chi connectivity index (χ1n) is 11.4. The number of aliphatic hydroxyl groups excluding tert-OH is 3. The highest BCUT2D eigenvalue weighted by molar-refractivity contribution is 7.53. The summed E-state index contributed by atoms with van der Waals surface area (Å²) in [6, 6.07) is 0.277. The first kappa shape index (κ1) is 25.2. The van der Waals surface area contributed by atoms with E-state index in [-0.39, 0.29) is 11.3 Å². The first-order chi connectivity index (χ1) is 16.5. The number of ether oxygens (including phenoxy) is 2. The van der Waals surface area contributed by atoms with Crippen molar-refractivity contribution in [3.05, 3.63) is 11.5 Å². The summed E-state index contributed by atoms with van der Waals surface area (Å²) < 4.78 is 23.9. The molecule has 0 bridgehead atoms. The number of aliphatic hydroxyl groups is 3. The van der Waals surface area contributed by atoms with Gasteiger partial charge in [-0.15, -0.1) is 0 Å². The standard InChI is InChI=1S/C20H29ClN5O8P/c1-19(9-27,35(30,31)32)33-8-12-13(28)14(29)17(34-12)26-16-11(7-22-26)15(24-18(21)25-16)23-10-5-20(6-10)3-2-4-20/h7,10,12-14,17,27-29H,2-6,8-9H2,1H3,(H,23,24,25)(H2,30,31,32)/t12-,13-,14-,17-,19-/m1/s1. The summed E-state index contributed by atoms with van der Waals surface area (Å²) in [6.45, 7) is -0.405. The van der Waals surface area contributed by atoms with Crippen molar-refractivity contribution in [1.82, 2.24) is 19.7 Å². The summed E-state index contributed by atoms with van der Waals surface area (Å²) in [5, 5.41) is 36.6. The molecule has 1 saturated heterocycles. The largest absolute Gasteiger partial charge is 0.393 e. The molecule has 0 radical (unpaired) electrons. The zero-order chi connectivity index (χ0) is 25.2. The Morgan fingerprint density at radius 3 is 2.63 bits per heavy atom. The highest BCUT2D eigenvalue weighted by atomic mass is 35.5. The monoisotopic (exact) mass is 533 g/mol. The Labute approximate surface area is 205 Å². The molecule has 5 atom stereocenters. The molecule has 194 valence electrons. The predicted octanol–water partition coefficient (Wildman–Crippen LogP) is 0.746. The van der Waals surface area contributed by atoms with Gasteiger partial charge in [0, 0.05) is 6.04 Å². The molecule has 0 unspecified atom stereocenters. The van der Waals surface area contributed by atoms with Gasteiger partial charge in [-0.1, -0.05) is 6.42 Å². The quantitative estimate of drug-likeness (QED) is 0.206. The van der Waals surface area contributed by atoms with Gasteiger partial charge in [0.05, 0.1) is 24.8 Å². The van der Waals surface area contributed by atoms with Gasteiger partial charge in [-0.25, -0.2) is 4.68 Å². The molecule has 35 heavy (non-hydrogen) atoms. The van der Waals surface area contributed by atoms with E-state index in [1.165, 1.54) is 30.1 Å². The molecule has 2 aliphatic carbocycles. The molecule has 2 aromatic heterocycles. The molecule has 15 heteroatoms. The van der Waals surface area contributed by atoms with Crippen LogP contribution in [-0.4, -0.2) is 87.8 Å². The topological polar surface area (TPSA) is 192 Å². The third-order valence-electron chi connectivity index (χ3n) is 7.59. The van der Waals surface area contributed by atoms with Gasteiger partial charge in [0.1, 0.15) is 24.1 Å². The van der Waals surface area contributed by atoms with Gasteiger partial charge in [0.25, 0.3) is 0 Å². The van der Waals surface area contributed by atoms with Crippen molar-refractivity contribution < 1.29 is 39.1 Å². The first-order valence-corrected chi connectivity index (χ1v) is 13.4. The van der Waals surface area contributed by atoms with E-state index in [0.717, 1.165) is 19.8 Å². The molecule has 5 rings (SSSR count). The Kier molecular flexibility index (Phi) is 6.39. The van der Waals surface area contributed by atoms with E-state index in [1.54, 1.807) is 0 Å². The van der Waals surface area contributed by atoms with Crippen LogP contribution >= 0.6 is 19.2 Å². The Morgan fingerprint density at radius 2 is 2.03 bits per heavy atom. The Bertz CT molecular complexity index is 1150. The van der Waals surface area contributed by atoms with Crippen molar-refractivity contribution in [1.29, 1.82) is 0 Å². The molecule has 2 saturated carbocycles. The molecule has 1 aliphatic heterocycles. The zero-order valence-electron chi connectivity index (χ0n) is 19.0. The molecular formula is C20H29ClN5O8P. The third-order valence-corrected chi connectivity index (χ3v) is 9.26. The number of anilines is 1. The summed E-state index contributed by atoms with van der Waals surface area (Å²) in [5.74, 6) is 0.527. The van der Waals surface area contributed by atoms with E-state index in [0.29, 0.717) is 22.3 Å². The molecule has 1 spiro atoms. The summed E-state index contributed by atoms with van der Waals surface area (Å²) in [4.78, 5) is 27.5. The highest BCUT2D eigenvalue weighted by Crippen LogP contribution is 2.56. The minimum atomic E-state index is -4.83. The van der Waals surface area contributed by atoms with Crippen molar-refractivity contribution >= 4 is 36.0 Å². The van der Waals surface area contributed by atoms with Gasteiger partial charge >= 0.3 is 7.60 Å². The second kappa shape index (κ2) is 8.86. The van der Waals surface area contributed by atoms with E-state index >= 15 is 0 Å². The number of fused-ring (bicyclic) bond motifs is 1. The van der Waals surface area contributed by atoms with Gasteiger partial charge in [0.2, 0.25) is 5.28 Å². The van der Waals surface area contributed by atoms with Crippen LogP contribution in [-0.2, 0) is 14.0 Å². The predicted molar refractivity (Wildman–Crippen MR) is 123 cm³/mol. The molecular weight excluding hydrogens is 505 g/mol. The maximum absolute atomic E-state index is 11.7. The van der Waals surface area contributed by atoms with Crippen LogP contribution in [0.1, 0.15) is 45.3 Å². The molecule has 3 heterocycles. The van der Waals surface area contributed by atoms with Crippen LogP contribution in [0.2, 0.25) is 5.28 Å². The lowest BCUT2D eigenvalue weighted by atomic mass is 9.54. The minimum Gasteiger partial charge on any atom is -0.393 e. The van der Waals surface area contributed by atoms with Crippen LogP contribution in [0.5, 0.6) is 0 Å². The van der Waals surface area contributed by atoms with Crippen LogP contribution < -0.4 is 5.32 Å². The molecule has 2 aromatic rings. The molecule has 3 fully saturated rings. The van der Waals surface area contributed by atoms with E-state index < -0.39 is 50.7 Å². The Morgan fingerprint density at radius 1 is 1.31 bits per heavy atom. The summed E-state index contributed by atoms with van der Waals surface area (Å²) in [6.07, 6.45) is 2.24. The fourth-order valence-electron chi connectivity index (χ4n) is 5.11. The number of aromatic nitrogens is 4. The van der Waals surface area contributed by atoms with E-state index in [9.17, 15) is 29.7 Å². The number of nitrogens with one attached hydrogen (secondary N) is 1. The number of rotatable bonds is 8. The maximum atomic E-state index is 11.7. The lowest BCUT2D eigenvalue weighted by Gasteiger charge is -2.54. The number of hydrogen-bond acceptors (Lipinski definition) is 10. The molecule has 0 aromatic carbocycles. The van der Waals surface area contributed by atoms with Crippen molar-refractivity contribution in [3.8, 4) is 0 Å². The Balaban J connectivity index is 1.33. The lowest BCUT2D eigenvalue weighted by molar-refractivity contribution is -0.104. The smallest absolute Gasteiger partial charge is 0.359 e. The van der Waals surface area contributed by atoms with Gasteiger partial charge < -0.3 is 39.9 Å². The maximum Gasteiger partial charge on any atom is 0.359 e. The third kappa shape index (κ3) is 4.36. The molecule has 3 aliphatic rings. The van der Waals surface area contributed by atoms with E-state index in [4.69, 9.17) is 21.1 Å². The van der Waals surface area contributed by atoms with Crippen LogP contribution in [0.4, 0.5) is 5.82 Å². The van der Waals surface area contributed by atoms with Crippen molar-refractivity contribution in [2.24, 2.45) is 5.41 Å². The zero-order valence-corrected chi connectivity index (χ0v) is 20.6. The normalized spacial score (nSPS) is 30.3. The van der Waals surface area contributed by atoms with Crippen LogP contribution in [0, 0.1) is 5.41 Å². The molecule has 0 amide bonds. The SMILES string of the molecule is C[C@@](CO)(OC[C@H]1O[C@@H](n2ncc3c(NC4CC5(CCC5)C4)nc(Cl)nc32)[C@H](O)[C@@H]1O)P(=O)(O)O. The average molecular weight is 534 g/mol. The number of hydrogen-bond donors (Lipinski definition) is 6.